The third-order valence-corrected chi connectivity index (χ3v) is 3.85. The van der Waals surface area contributed by atoms with Crippen LogP contribution in [0.5, 0.6) is 0 Å². The van der Waals surface area contributed by atoms with Gasteiger partial charge in [0.15, 0.2) is 11.6 Å². The maximum atomic E-state index is 12.5. The fourth-order valence-electron chi connectivity index (χ4n) is 2.82. The molecule has 1 unspecified atom stereocenters. The largest absolute Gasteiger partial charge is 0.467 e. The zero-order valence-corrected chi connectivity index (χ0v) is 11.9. The molecule has 0 aromatic heterocycles. The van der Waals surface area contributed by atoms with E-state index in [0.29, 0.717) is 5.56 Å². The number of Topliss-reactive ketones (excluding diaryl/α,β-unsaturated/α-hetero) is 2. The van der Waals surface area contributed by atoms with E-state index in [0.717, 1.165) is 7.11 Å². The number of benzene rings is 1. The van der Waals surface area contributed by atoms with Gasteiger partial charge in [0.25, 0.3) is 0 Å². The third kappa shape index (κ3) is 2.29. The summed E-state index contributed by atoms with van der Waals surface area (Å²) in [5.74, 6) is -3.35. The van der Waals surface area contributed by atoms with Crippen molar-refractivity contribution in [3.63, 3.8) is 0 Å². The van der Waals surface area contributed by atoms with Crippen LogP contribution < -0.4 is 11.1 Å². The van der Waals surface area contributed by atoms with Gasteiger partial charge in [0, 0.05) is 6.42 Å². The topological polar surface area (TPSA) is 116 Å². The van der Waals surface area contributed by atoms with Gasteiger partial charge in [0.05, 0.1) is 19.1 Å². The molecule has 1 aromatic rings. The lowest BCUT2D eigenvalue weighted by atomic mass is 9.66. The first kappa shape index (κ1) is 15.8. The highest BCUT2D eigenvalue weighted by Crippen LogP contribution is 2.37. The molecule has 1 aliphatic carbocycles. The second-order valence-corrected chi connectivity index (χ2v) is 5.04. The van der Waals surface area contributed by atoms with Crippen molar-refractivity contribution in [3.05, 3.63) is 35.9 Å². The monoisotopic (exact) mass is 304 g/mol. The van der Waals surface area contributed by atoms with Crippen LogP contribution in [-0.2, 0) is 23.9 Å². The van der Waals surface area contributed by atoms with Crippen molar-refractivity contribution in [3.8, 4) is 0 Å². The number of ether oxygens (including phenoxy) is 1. The molecule has 1 amide bonds. The van der Waals surface area contributed by atoms with E-state index in [4.69, 9.17) is 5.73 Å². The van der Waals surface area contributed by atoms with E-state index in [2.05, 4.69) is 10.1 Å². The van der Waals surface area contributed by atoms with Crippen molar-refractivity contribution in [1.82, 2.24) is 5.32 Å². The Hall–Kier alpha value is -2.54. The SMILES string of the molecule is COC(=O)[C@@]1(NC=O)C(=O)C[C@H](N)C(=O)C1c1ccccc1. The summed E-state index contributed by atoms with van der Waals surface area (Å²) in [5.41, 5.74) is 4.05. The van der Waals surface area contributed by atoms with Gasteiger partial charge in [-0.05, 0) is 5.56 Å². The number of carbonyl (C=O) groups excluding carboxylic acids is 4. The quantitative estimate of drug-likeness (QED) is 0.431. The molecule has 0 heterocycles. The fourth-order valence-corrected chi connectivity index (χ4v) is 2.82. The average molecular weight is 304 g/mol. The zero-order chi connectivity index (χ0) is 16.3. The van der Waals surface area contributed by atoms with E-state index in [1.165, 1.54) is 0 Å². The Morgan fingerprint density at radius 3 is 2.55 bits per heavy atom. The van der Waals surface area contributed by atoms with E-state index in [1.54, 1.807) is 30.3 Å². The number of nitrogens with one attached hydrogen (secondary N) is 1. The van der Waals surface area contributed by atoms with Crippen LogP contribution >= 0.6 is 0 Å². The number of ketones is 2. The highest BCUT2D eigenvalue weighted by atomic mass is 16.5. The third-order valence-electron chi connectivity index (χ3n) is 3.85. The number of amides is 1. The normalized spacial score (nSPS) is 28.1. The van der Waals surface area contributed by atoms with Crippen LogP contribution in [0.2, 0.25) is 0 Å². The highest BCUT2D eigenvalue weighted by Gasteiger charge is 2.60. The van der Waals surface area contributed by atoms with Gasteiger partial charge in [0.1, 0.15) is 0 Å². The molecule has 116 valence electrons. The lowest BCUT2D eigenvalue weighted by Crippen LogP contribution is -2.69. The second kappa shape index (κ2) is 6.07. The molecule has 2 rings (SSSR count). The number of nitrogens with two attached hydrogens (primary N) is 1. The van der Waals surface area contributed by atoms with Gasteiger partial charge in [-0.2, -0.15) is 0 Å². The van der Waals surface area contributed by atoms with Crippen molar-refractivity contribution in [2.75, 3.05) is 7.11 Å². The minimum atomic E-state index is -2.08. The predicted molar refractivity (Wildman–Crippen MR) is 75.7 cm³/mol. The number of carbonyl (C=O) groups is 4. The maximum Gasteiger partial charge on any atom is 0.340 e. The summed E-state index contributed by atoms with van der Waals surface area (Å²) in [5, 5.41) is 2.22. The molecular formula is C15H16N2O5. The molecular weight excluding hydrogens is 288 g/mol. The lowest BCUT2D eigenvalue weighted by Gasteiger charge is -2.40. The molecule has 7 nitrogen and oxygen atoms in total. The fraction of sp³-hybridized carbons (Fsp3) is 0.333. The maximum absolute atomic E-state index is 12.5. The first-order valence-electron chi connectivity index (χ1n) is 6.66. The molecule has 0 radical (unpaired) electrons. The van der Waals surface area contributed by atoms with Crippen molar-refractivity contribution < 1.29 is 23.9 Å². The average Bonchev–Trinajstić information content (AvgIpc) is 2.53. The van der Waals surface area contributed by atoms with E-state index < -0.39 is 35.0 Å². The summed E-state index contributed by atoms with van der Waals surface area (Å²) in [4.78, 5) is 48.3. The van der Waals surface area contributed by atoms with E-state index in [1.807, 2.05) is 0 Å². The Morgan fingerprint density at radius 2 is 2.00 bits per heavy atom. The molecule has 1 fully saturated rings. The van der Waals surface area contributed by atoms with E-state index in [-0.39, 0.29) is 12.8 Å². The number of hydrogen-bond donors (Lipinski definition) is 2. The van der Waals surface area contributed by atoms with Crippen LogP contribution in [0.4, 0.5) is 0 Å². The van der Waals surface area contributed by atoms with Crippen molar-refractivity contribution in [2.45, 2.75) is 23.9 Å². The minimum Gasteiger partial charge on any atom is -0.467 e. The number of hydrogen-bond acceptors (Lipinski definition) is 6. The standard InChI is InChI=1S/C15H16N2O5/c1-22-14(21)15(17-8-18)11(19)7-10(16)13(20)12(15)9-5-3-2-4-6-9/h2-6,8,10,12H,7,16H2,1H3,(H,17,18)/t10-,12?,15+/m0/s1. The Morgan fingerprint density at radius 1 is 1.36 bits per heavy atom. The summed E-state index contributed by atoms with van der Waals surface area (Å²) in [6.07, 6.45) is -0.118. The van der Waals surface area contributed by atoms with Crippen molar-refractivity contribution >= 4 is 23.9 Å². The Labute approximate surface area is 126 Å². The summed E-state index contributed by atoms with van der Waals surface area (Å²) >= 11 is 0. The first-order valence-corrected chi connectivity index (χ1v) is 6.66. The summed E-state index contributed by atoms with van der Waals surface area (Å²) in [6, 6.07) is 7.22. The lowest BCUT2D eigenvalue weighted by molar-refractivity contribution is -0.160. The molecule has 3 N–H and O–H groups in total. The number of esters is 1. The molecule has 7 heteroatoms. The van der Waals surface area contributed by atoms with Crippen molar-refractivity contribution in [2.24, 2.45) is 5.73 Å². The van der Waals surface area contributed by atoms with Gasteiger partial charge in [-0.15, -0.1) is 0 Å². The molecule has 1 aliphatic rings. The minimum absolute atomic E-state index is 0.217. The van der Waals surface area contributed by atoms with Crippen LogP contribution in [0, 0.1) is 0 Å². The number of methoxy groups -OCH3 is 1. The van der Waals surface area contributed by atoms with Crippen molar-refractivity contribution in [1.29, 1.82) is 0 Å². The van der Waals surface area contributed by atoms with Crippen LogP contribution in [0.3, 0.4) is 0 Å². The molecule has 3 atom stereocenters. The van der Waals surface area contributed by atoms with Crippen LogP contribution in [0.15, 0.2) is 30.3 Å². The Kier molecular flexibility index (Phi) is 4.37. The van der Waals surface area contributed by atoms with Gasteiger partial charge < -0.3 is 15.8 Å². The molecule has 0 saturated heterocycles. The smallest absolute Gasteiger partial charge is 0.340 e. The van der Waals surface area contributed by atoms with E-state index in [9.17, 15) is 19.2 Å². The summed E-state index contributed by atoms with van der Waals surface area (Å²) < 4.78 is 4.68. The first-order chi connectivity index (χ1) is 10.5. The summed E-state index contributed by atoms with van der Waals surface area (Å²) in [7, 11) is 1.09. The van der Waals surface area contributed by atoms with Crippen LogP contribution in [0.1, 0.15) is 17.9 Å². The van der Waals surface area contributed by atoms with Gasteiger partial charge in [0.2, 0.25) is 11.9 Å². The predicted octanol–water partition coefficient (Wildman–Crippen LogP) is -0.703. The van der Waals surface area contributed by atoms with Gasteiger partial charge in [-0.3, -0.25) is 14.4 Å². The van der Waals surface area contributed by atoms with Crippen LogP contribution in [-0.4, -0.2) is 42.6 Å². The molecule has 0 spiro atoms. The highest BCUT2D eigenvalue weighted by molar-refractivity contribution is 6.19. The van der Waals surface area contributed by atoms with Crippen LogP contribution in [0.25, 0.3) is 0 Å². The zero-order valence-electron chi connectivity index (χ0n) is 11.9. The van der Waals surface area contributed by atoms with Gasteiger partial charge in [-0.1, -0.05) is 30.3 Å². The Bertz CT molecular complexity index is 616. The second-order valence-electron chi connectivity index (χ2n) is 5.04. The number of rotatable bonds is 4. The molecule has 1 saturated carbocycles. The molecule has 22 heavy (non-hydrogen) atoms. The van der Waals surface area contributed by atoms with E-state index >= 15 is 0 Å². The van der Waals surface area contributed by atoms with Gasteiger partial charge in [-0.25, -0.2) is 4.79 Å². The molecule has 1 aromatic carbocycles. The van der Waals surface area contributed by atoms with Gasteiger partial charge >= 0.3 is 5.97 Å². The Balaban J connectivity index is 2.68. The molecule has 0 aliphatic heterocycles. The summed E-state index contributed by atoms with van der Waals surface area (Å²) in [6.45, 7) is 0. The molecule has 0 bridgehead atoms.